The number of alkyl halides is 3. The third-order valence-corrected chi connectivity index (χ3v) is 5.33. The lowest BCUT2D eigenvalue weighted by atomic mass is 10.0. The Bertz CT molecular complexity index is 950. The predicted molar refractivity (Wildman–Crippen MR) is 89.7 cm³/mol. The van der Waals surface area contributed by atoms with E-state index >= 15 is 0 Å². The summed E-state index contributed by atoms with van der Waals surface area (Å²) in [5.74, 6) is 0.213. The summed E-state index contributed by atoms with van der Waals surface area (Å²) < 4.78 is 41.2. The Hall–Kier alpha value is -1.74. The van der Waals surface area contributed by atoms with Crippen molar-refractivity contribution >= 4 is 43.3 Å². The molecule has 1 saturated carbocycles. The molecule has 1 fully saturated rings. The van der Waals surface area contributed by atoms with Crippen molar-refractivity contribution in [2.75, 3.05) is 5.73 Å². The van der Waals surface area contributed by atoms with Gasteiger partial charge in [-0.3, -0.25) is 0 Å². The number of nitrogens with two attached hydrogens (primary N) is 1. The van der Waals surface area contributed by atoms with Crippen LogP contribution in [0.5, 0.6) is 0 Å². The van der Waals surface area contributed by atoms with Crippen molar-refractivity contribution in [3.63, 3.8) is 0 Å². The maximum absolute atomic E-state index is 13.6. The summed E-state index contributed by atoms with van der Waals surface area (Å²) in [4.78, 5) is 4.21. The van der Waals surface area contributed by atoms with Crippen LogP contribution in [-0.4, -0.2) is 15.2 Å². The fourth-order valence-electron chi connectivity index (χ4n) is 2.63. The maximum atomic E-state index is 13.6. The first-order valence-electron chi connectivity index (χ1n) is 7.13. The van der Waals surface area contributed by atoms with Gasteiger partial charge in [0.2, 0.25) is 5.13 Å². The average molecular weight is 415 g/mol. The van der Waals surface area contributed by atoms with Crippen molar-refractivity contribution in [2.24, 2.45) is 0 Å². The molecular formula is C15H10BrF3N4S. The molecule has 2 N–H and O–H groups in total. The molecule has 4 nitrogen and oxygen atoms in total. The molecule has 3 aromatic rings. The number of aromatic nitrogens is 3. The molecule has 0 radical (unpaired) electrons. The molecule has 0 saturated heterocycles. The summed E-state index contributed by atoms with van der Waals surface area (Å²) >= 11 is 4.45. The molecule has 1 aromatic carbocycles. The van der Waals surface area contributed by atoms with Gasteiger partial charge in [0.1, 0.15) is 5.69 Å². The smallest absolute Gasteiger partial charge is 0.374 e. The monoisotopic (exact) mass is 414 g/mol. The first-order chi connectivity index (χ1) is 11.3. The van der Waals surface area contributed by atoms with Crippen LogP contribution in [0.15, 0.2) is 22.7 Å². The van der Waals surface area contributed by atoms with Gasteiger partial charge in [-0.2, -0.15) is 13.2 Å². The van der Waals surface area contributed by atoms with Crippen LogP contribution < -0.4 is 5.73 Å². The molecule has 24 heavy (non-hydrogen) atoms. The number of rotatable bonds is 2. The molecule has 9 heteroatoms. The molecule has 0 aliphatic heterocycles. The van der Waals surface area contributed by atoms with Gasteiger partial charge in [0.15, 0.2) is 5.01 Å². The first kappa shape index (κ1) is 15.8. The number of nitrogen functional groups attached to an aromatic ring is 1. The van der Waals surface area contributed by atoms with Crippen LogP contribution in [0, 0.1) is 0 Å². The predicted octanol–water partition coefficient (Wildman–Crippen LogP) is 4.99. The molecule has 0 amide bonds. The Morgan fingerprint density at radius 3 is 2.50 bits per heavy atom. The lowest BCUT2D eigenvalue weighted by Crippen LogP contribution is -2.08. The Kier molecular flexibility index (Phi) is 3.54. The van der Waals surface area contributed by atoms with E-state index in [1.54, 1.807) is 12.1 Å². The number of hydrogen-bond donors (Lipinski definition) is 1. The van der Waals surface area contributed by atoms with Crippen LogP contribution in [0.2, 0.25) is 0 Å². The van der Waals surface area contributed by atoms with Crippen LogP contribution in [0.25, 0.3) is 21.6 Å². The topological polar surface area (TPSA) is 64.7 Å². The lowest BCUT2D eigenvalue weighted by molar-refractivity contribution is -0.136. The van der Waals surface area contributed by atoms with Crippen molar-refractivity contribution in [3.05, 3.63) is 33.8 Å². The third-order valence-electron chi connectivity index (χ3n) is 3.90. The molecule has 1 aliphatic carbocycles. The lowest BCUT2D eigenvalue weighted by Gasteiger charge is -2.14. The number of hydrogen-bond acceptors (Lipinski definition) is 5. The molecule has 1 aliphatic rings. The van der Waals surface area contributed by atoms with Gasteiger partial charge in [0.25, 0.3) is 0 Å². The van der Waals surface area contributed by atoms with Crippen LogP contribution in [0.4, 0.5) is 18.3 Å². The van der Waals surface area contributed by atoms with Crippen LogP contribution in [0.1, 0.15) is 29.9 Å². The van der Waals surface area contributed by atoms with E-state index in [1.165, 1.54) is 6.07 Å². The zero-order valence-corrected chi connectivity index (χ0v) is 14.5. The SMILES string of the molecule is Nc1nnc(-c2cc(Br)c3cc(C4CC4)cc(C(F)(F)F)c3n2)s1. The fourth-order valence-corrected chi connectivity index (χ4v) is 3.72. The zero-order chi connectivity index (χ0) is 17.1. The largest absolute Gasteiger partial charge is 0.418 e. The zero-order valence-electron chi connectivity index (χ0n) is 12.1. The van der Waals surface area contributed by atoms with Crippen molar-refractivity contribution in [3.8, 4) is 10.7 Å². The van der Waals surface area contributed by atoms with E-state index in [-0.39, 0.29) is 16.6 Å². The highest BCUT2D eigenvalue weighted by molar-refractivity contribution is 9.10. The molecule has 124 valence electrons. The summed E-state index contributed by atoms with van der Waals surface area (Å²) in [6.07, 6.45) is -2.62. The Balaban J connectivity index is 2.00. The summed E-state index contributed by atoms with van der Waals surface area (Å²) in [7, 11) is 0. The van der Waals surface area contributed by atoms with Crippen molar-refractivity contribution in [2.45, 2.75) is 24.9 Å². The molecular weight excluding hydrogens is 405 g/mol. The molecule has 0 unspecified atom stereocenters. The molecule has 0 atom stereocenters. The van der Waals surface area contributed by atoms with Crippen molar-refractivity contribution in [1.29, 1.82) is 0 Å². The number of halogens is 4. The summed E-state index contributed by atoms with van der Waals surface area (Å²) in [6.45, 7) is 0. The summed E-state index contributed by atoms with van der Waals surface area (Å²) in [5, 5.41) is 8.62. The highest BCUT2D eigenvalue weighted by Gasteiger charge is 2.36. The molecule has 2 aromatic heterocycles. The van der Waals surface area contributed by atoms with E-state index < -0.39 is 11.7 Å². The first-order valence-corrected chi connectivity index (χ1v) is 8.74. The second-order valence-corrected chi connectivity index (χ2v) is 7.53. The highest BCUT2D eigenvalue weighted by Crippen LogP contribution is 2.45. The molecule has 2 heterocycles. The van der Waals surface area contributed by atoms with Crippen LogP contribution in [0.3, 0.4) is 0 Å². The summed E-state index contributed by atoms with van der Waals surface area (Å²) in [6, 6.07) is 4.66. The Morgan fingerprint density at radius 2 is 1.92 bits per heavy atom. The van der Waals surface area contributed by atoms with Gasteiger partial charge in [-0.25, -0.2) is 4.98 Å². The van der Waals surface area contributed by atoms with Gasteiger partial charge in [-0.05, 0) is 42.5 Å². The van der Waals surface area contributed by atoms with E-state index in [0.29, 0.717) is 26.1 Å². The van der Waals surface area contributed by atoms with E-state index in [9.17, 15) is 13.2 Å². The standard InChI is InChI=1S/C15H10BrF3N4S/c16-10-5-11(13-22-23-14(20)24-13)21-12-8(10)3-7(6-1-2-6)4-9(12)15(17,18)19/h3-6H,1-2H2,(H2,20,23). The summed E-state index contributed by atoms with van der Waals surface area (Å²) in [5.41, 5.74) is 5.76. The number of benzene rings is 1. The molecule has 0 spiro atoms. The third kappa shape index (κ3) is 2.75. The minimum atomic E-state index is -4.48. The van der Waals surface area contributed by atoms with Gasteiger partial charge >= 0.3 is 6.18 Å². The van der Waals surface area contributed by atoms with Crippen LogP contribution in [-0.2, 0) is 6.18 Å². The van der Waals surface area contributed by atoms with Gasteiger partial charge in [0.05, 0.1) is 11.1 Å². The number of nitrogens with zero attached hydrogens (tertiary/aromatic N) is 3. The van der Waals surface area contributed by atoms with E-state index in [4.69, 9.17) is 5.73 Å². The van der Waals surface area contributed by atoms with Gasteiger partial charge in [-0.15, -0.1) is 10.2 Å². The Morgan fingerprint density at radius 1 is 1.17 bits per heavy atom. The van der Waals surface area contributed by atoms with Gasteiger partial charge < -0.3 is 5.73 Å². The normalized spacial score (nSPS) is 15.2. The minimum absolute atomic E-state index is 0.0925. The van der Waals surface area contributed by atoms with Crippen LogP contribution >= 0.6 is 27.3 Å². The molecule has 4 rings (SSSR count). The van der Waals surface area contributed by atoms with E-state index in [0.717, 1.165) is 24.2 Å². The number of fused-ring (bicyclic) bond motifs is 1. The van der Waals surface area contributed by atoms with Gasteiger partial charge in [-0.1, -0.05) is 27.3 Å². The number of pyridine rings is 1. The van der Waals surface area contributed by atoms with E-state index in [1.807, 2.05) is 0 Å². The fraction of sp³-hybridized carbons (Fsp3) is 0.267. The van der Waals surface area contributed by atoms with Crippen molar-refractivity contribution in [1.82, 2.24) is 15.2 Å². The second-order valence-electron chi connectivity index (χ2n) is 5.67. The van der Waals surface area contributed by atoms with E-state index in [2.05, 4.69) is 31.1 Å². The maximum Gasteiger partial charge on any atom is 0.418 e. The van der Waals surface area contributed by atoms with Gasteiger partial charge in [0, 0.05) is 9.86 Å². The highest BCUT2D eigenvalue weighted by atomic mass is 79.9. The van der Waals surface area contributed by atoms with Crippen molar-refractivity contribution < 1.29 is 13.2 Å². The Labute approximate surface area is 147 Å². The second kappa shape index (κ2) is 5.38. The number of anilines is 1. The molecule has 0 bridgehead atoms. The minimum Gasteiger partial charge on any atom is -0.374 e. The quantitative estimate of drug-likeness (QED) is 0.640. The average Bonchev–Trinajstić information content (AvgIpc) is 3.27.